The van der Waals surface area contributed by atoms with Crippen molar-refractivity contribution >= 4 is 11.9 Å². The van der Waals surface area contributed by atoms with E-state index in [0.29, 0.717) is 0 Å². The summed E-state index contributed by atoms with van der Waals surface area (Å²) in [5.41, 5.74) is 0. The van der Waals surface area contributed by atoms with Crippen LogP contribution in [0.15, 0.2) is 0 Å². The third-order valence-corrected chi connectivity index (χ3v) is 8.94. The minimum Gasteiger partial charge on any atom is -0.537 e. The Hall–Kier alpha value is -2.30. The van der Waals surface area contributed by atoms with Crippen molar-refractivity contribution in [3.63, 3.8) is 0 Å². The molecule has 0 aromatic carbocycles. The van der Waals surface area contributed by atoms with Gasteiger partial charge in [-0.1, -0.05) is 218 Å². The molecule has 293 valence electrons. The van der Waals surface area contributed by atoms with Crippen molar-refractivity contribution in [1.29, 1.82) is 0 Å². The summed E-state index contributed by atoms with van der Waals surface area (Å²) < 4.78 is 0. The maximum Gasteiger partial charge on any atom is 2.00 e. The van der Waals surface area contributed by atoms with E-state index in [-0.39, 0.29) is 17.1 Å². The Morgan fingerprint density at radius 2 is 0.529 bits per heavy atom. The van der Waals surface area contributed by atoms with Gasteiger partial charge in [-0.05, 0) is 48.4 Å². The zero-order valence-electron chi connectivity index (χ0n) is 33.0. The molecule has 0 N–H and O–H groups in total. The summed E-state index contributed by atoms with van der Waals surface area (Å²) in [6.07, 6.45) is 45.2. The number of carboxylic acid groups (broad SMARTS) is 2. The van der Waals surface area contributed by atoms with Crippen molar-refractivity contribution in [3.05, 3.63) is 0 Å². The summed E-state index contributed by atoms with van der Waals surface area (Å²) in [5.74, 6) is 16.4. The Bertz CT molecular complexity index is 923. The van der Waals surface area contributed by atoms with E-state index in [1.54, 1.807) is 0 Å². The molecule has 1 radical (unpaired) electrons. The Labute approximate surface area is 327 Å². The third-order valence-electron chi connectivity index (χ3n) is 8.94. The van der Waals surface area contributed by atoms with E-state index in [1.165, 1.54) is 193 Å². The Morgan fingerprint density at radius 3 is 0.725 bits per heavy atom. The fraction of sp³-hybridized carbons (Fsp3) is 0.783. The summed E-state index contributed by atoms with van der Waals surface area (Å²) >= 11 is 0. The van der Waals surface area contributed by atoms with Gasteiger partial charge < -0.3 is 19.8 Å². The van der Waals surface area contributed by atoms with Crippen molar-refractivity contribution in [2.75, 3.05) is 0 Å². The summed E-state index contributed by atoms with van der Waals surface area (Å²) in [4.78, 5) is 20.1. The number of unbranched alkanes of at least 4 members (excludes halogenated alkanes) is 32. The largest absolute Gasteiger partial charge is 2.00 e. The normalized spacial score (nSPS) is 9.61. The van der Waals surface area contributed by atoms with Gasteiger partial charge in [-0.25, -0.2) is 0 Å². The van der Waals surface area contributed by atoms with Gasteiger partial charge in [-0.3, -0.25) is 0 Å². The number of carboxylic acids is 2. The summed E-state index contributed by atoms with van der Waals surface area (Å²) in [5, 5.41) is 20.1. The molecule has 0 aliphatic rings. The van der Waals surface area contributed by atoms with Gasteiger partial charge in [-0.15, -0.1) is 0 Å². The van der Waals surface area contributed by atoms with Gasteiger partial charge in [0.05, 0.1) is 0 Å². The van der Waals surface area contributed by atoms with Crippen LogP contribution in [0.3, 0.4) is 0 Å². The average Bonchev–Trinajstić information content (AvgIpc) is 3.10. The molecule has 0 fully saturated rings. The predicted molar refractivity (Wildman–Crippen MR) is 209 cm³/mol. The van der Waals surface area contributed by atoms with Gasteiger partial charge in [0.1, 0.15) is 11.9 Å². The van der Waals surface area contributed by atoms with E-state index in [2.05, 4.69) is 49.4 Å². The standard InChI is InChI=1S/2C23H38O2.Cu/c2*1-2-3-4-5-6-7-8-9-10-11-12-13-14-15-16-17-18-19-20-21-22-23(24)25;/h2*2-18H2,1H3,(H,24,25);/q;;+2/p-2. The molecule has 0 spiro atoms. The van der Waals surface area contributed by atoms with E-state index in [9.17, 15) is 19.8 Å². The van der Waals surface area contributed by atoms with Crippen LogP contribution in [0.4, 0.5) is 0 Å². The molecule has 0 aromatic rings. The first kappa shape index (κ1) is 53.1. The zero-order valence-corrected chi connectivity index (χ0v) is 33.9. The molecule has 0 saturated carbocycles. The topological polar surface area (TPSA) is 80.3 Å². The fourth-order valence-corrected chi connectivity index (χ4v) is 5.90. The maximum absolute atomic E-state index is 10.0. The van der Waals surface area contributed by atoms with Crippen LogP contribution in [0.1, 0.15) is 232 Å². The van der Waals surface area contributed by atoms with E-state index >= 15 is 0 Å². The maximum atomic E-state index is 10.0. The van der Waals surface area contributed by atoms with Crippen molar-refractivity contribution < 1.29 is 36.9 Å². The van der Waals surface area contributed by atoms with Crippen molar-refractivity contribution in [1.82, 2.24) is 0 Å². The first-order chi connectivity index (χ1) is 24.5. The van der Waals surface area contributed by atoms with Gasteiger partial charge >= 0.3 is 17.1 Å². The molecule has 5 heteroatoms. The van der Waals surface area contributed by atoms with E-state index < -0.39 is 11.9 Å². The molecule has 0 atom stereocenters. The van der Waals surface area contributed by atoms with Gasteiger partial charge in [0.15, 0.2) is 0 Å². The Morgan fingerprint density at radius 1 is 0.333 bits per heavy atom. The van der Waals surface area contributed by atoms with Crippen LogP contribution in [-0.4, -0.2) is 11.9 Å². The first-order valence-electron chi connectivity index (χ1n) is 20.9. The second-order valence-electron chi connectivity index (χ2n) is 13.8. The van der Waals surface area contributed by atoms with Crippen molar-refractivity contribution in [2.24, 2.45) is 0 Å². The van der Waals surface area contributed by atoms with Gasteiger partial charge in [0.2, 0.25) is 0 Å². The molecule has 0 aromatic heterocycles. The predicted octanol–water partition coefficient (Wildman–Crippen LogP) is 10.8. The number of carbonyl (C=O) groups is 2. The molecular formula is C46H74CuO4. The monoisotopic (exact) mass is 753 g/mol. The number of hydrogen-bond acceptors (Lipinski definition) is 4. The van der Waals surface area contributed by atoms with E-state index in [1.807, 2.05) is 11.8 Å². The number of hydrogen-bond donors (Lipinski definition) is 0. The first-order valence-corrected chi connectivity index (χ1v) is 20.9. The molecule has 0 amide bonds. The molecule has 0 unspecified atom stereocenters. The molecule has 0 aliphatic heterocycles. The second-order valence-corrected chi connectivity index (χ2v) is 13.8. The molecule has 51 heavy (non-hydrogen) atoms. The Kier molecular flexibility index (Phi) is 51.8. The van der Waals surface area contributed by atoms with Crippen molar-refractivity contribution in [2.45, 2.75) is 232 Å². The average molecular weight is 755 g/mol. The minimum atomic E-state index is -1.36. The zero-order chi connectivity index (χ0) is 36.9. The molecule has 4 nitrogen and oxygen atoms in total. The number of rotatable bonds is 32. The van der Waals surface area contributed by atoms with Gasteiger partial charge in [-0.2, -0.15) is 0 Å². The van der Waals surface area contributed by atoms with Crippen LogP contribution >= 0.6 is 0 Å². The summed E-state index contributed by atoms with van der Waals surface area (Å²) in [6, 6.07) is 0. The van der Waals surface area contributed by atoms with E-state index in [4.69, 9.17) is 0 Å². The van der Waals surface area contributed by atoms with Crippen LogP contribution in [-0.2, 0) is 26.7 Å². The summed E-state index contributed by atoms with van der Waals surface area (Å²) in [6.45, 7) is 4.55. The van der Waals surface area contributed by atoms with Crippen LogP contribution in [0, 0.1) is 47.4 Å². The summed E-state index contributed by atoms with van der Waals surface area (Å²) in [7, 11) is 0. The third kappa shape index (κ3) is 57.3. The van der Waals surface area contributed by atoms with E-state index in [0.717, 1.165) is 25.7 Å². The van der Waals surface area contributed by atoms with Crippen LogP contribution < -0.4 is 10.2 Å². The Balaban J connectivity index is -0.000000886. The molecule has 0 aliphatic carbocycles. The van der Waals surface area contributed by atoms with Gasteiger partial charge in [0, 0.05) is 12.8 Å². The smallest absolute Gasteiger partial charge is 0.537 e. The van der Waals surface area contributed by atoms with Crippen LogP contribution in [0.2, 0.25) is 0 Å². The molecule has 0 rings (SSSR count). The molecule has 0 heterocycles. The molecule has 0 saturated heterocycles. The van der Waals surface area contributed by atoms with Crippen molar-refractivity contribution in [3.8, 4) is 47.4 Å². The fourth-order valence-electron chi connectivity index (χ4n) is 5.90. The van der Waals surface area contributed by atoms with Crippen LogP contribution in [0.25, 0.3) is 0 Å². The second kappa shape index (κ2) is 49.8. The quantitative estimate of drug-likeness (QED) is 0.0389. The number of aliphatic carboxylic acids is 2. The SMILES string of the molecule is CCCCCCCCCCCCCCCCCCC#CC#CC(=O)[O-].CCCCCCCCCCCCCCCCCCC#CC#CC(=O)[O-].[Cu+2]. The van der Waals surface area contributed by atoms with Gasteiger partial charge in [0.25, 0.3) is 0 Å². The van der Waals surface area contributed by atoms with Crippen LogP contribution in [0.5, 0.6) is 0 Å². The minimum absolute atomic E-state index is 0. The molecular weight excluding hydrogens is 680 g/mol. The number of carbonyl (C=O) groups excluding carboxylic acids is 2. The molecule has 0 bridgehead atoms.